The van der Waals surface area contributed by atoms with Gasteiger partial charge in [-0.05, 0) is 57.6 Å². The number of nitrogens with zero attached hydrogens (tertiary/aromatic N) is 1. The summed E-state index contributed by atoms with van der Waals surface area (Å²) in [5.41, 5.74) is 3.57. The molecular weight excluding hydrogens is 416 g/mol. The van der Waals surface area contributed by atoms with E-state index in [0.29, 0.717) is 5.69 Å². The van der Waals surface area contributed by atoms with Crippen LogP contribution in [-0.2, 0) is 37.5 Å². The van der Waals surface area contributed by atoms with Gasteiger partial charge in [-0.3, -0.25) is 4.79 Å². The van der Waals surface area contributed by atoms with Crippen LogP contribution in [0.2, 0.25) is 0 Å². The summed E-state index contributed by atoms with van der Waals surface area (Å²) in [5.74, 6) is 0.270. The molecule has 2 fully saturated rings. The Bertz CT molecular complexity index is 690. The molecule has 1 amide bonds. The smallest absolute Gasteiger partial charge is 0.268 e. The standard InChI is InChI=1S/C21H29N2OP.Y/c1-5-25(12-8-6-7-9-13-25)21(10-11-21)20(24)23-19-16(2)14-18(22-4)15-17(19)3;/h14-15H,5-13H2,1-3H3;/p+1. The fourth-order valence-electron chi connectivity index (χ4n) is 4.81. The molecule has 1 aliphatic heterocycles. The van der Waals surface area contributed by atoms with Gasteiger partial charge in [0.25, 0.3) is 5.91 Å². The zero-order valence-electron chi connectivity index (χ0n) is 16.4. The van der Waals surface area contributed by atoms with Gasteiger partial charge in [0.05, 0.1) is 25.1 Å². The molecule has 1 aromatic rings. The van der Waals surface area contributed by atoms with Gasteiger partial charge in [0.15, 0.2) is 10.8 Å². The summed E-state index contributed by atoms with van der Waals surface area (Å²) in [7, 11) is -1.21. The van der Waals surface area contributed by atoms with E-state index in [1.165, 1.54) is 44.2 Å². The summed E-state index contributed by atoms with van der Waals surface area (Å²) in [4.78, 5) is 16.9. The van der Waals surface area contributed by atoms with Gasteiger partial charge in [0, 0.05) is 58.5 Å². The number of carbonyl (C=O) groups excluding carboxylic acids is 1. The molecule has 3 nitrogen and oxygen atoms in total. The third-order valence-corrected chi connectivity index (χ3v) is 12.5. The summed E-state index contributed by atoms with van der Waals surface area (Å²) < 4.78 is 0. The van der Waals surface area contributed by atoms with Crippen molar-refractivity contribution >= 4 is 24.5 Å². The van der Waals surface area contributed by atoms with Crippen molar-refractivity contribution in [2.45, 2.75) is 64.5 Å². The molecule has 1 heterocycles. The van der Waals surface area contributed by atoms with Gasteiger partial charge in [-0.15, -0.1) is 0 Å². The van der Waals surface area contributed by atoms with Crippen molar-refractivity contribution in [1.82, 2.24) is 0 Å². The molecule has 3 rings (SSSR count). The molecule has 0 unspecified atom stereocenters. The molecule has 1 saturated carbocycles. The second-order valence-electron chi connectivity index (χ2n) is 7.87. The van der Waals surface area contributed by atoms with Gasteiger partial charge in [0.2, 0.25) is 0 Å². The van der Waals surface area contributed by atoms with Crippen LogP contribution in [0.5, 0.6) is 0 Å². The Balaban J connectivity index is 0.00000243. The van der Waals surface area contributed by atoms with E-state index < -0.39 is 7.26 Å². The number of anilines is 1. The minimum atomic E-state index is -1.21. The minimum Gasteiger partial charge on any atom is -0.322 e. The van der Waals surface area contributed by atoms with Crippen molar-refractivity contribution in [2.24, 2.45) is 0 Å². The number of nitrogens with one attached hydrogen (secondary N) is 1. The molecule has 1 N–H and O–H groups in total. The van der Waals surface area contributed by atoms with Crippen LogP contribution in [0, 0.1) is 20.4 Å². The van der Waals surface area contributed by atoms with E-state index in [4.69, 9.17) is 6.57 Å². The predicted molar refractivity (Wildman–Crippen MR) is 108 cm³/mol. The number of benzene rings is 1. The monoisotopic (exact) mass is 446 g/mol. The molecule has 2 aliphatic rings. The SMILES string of the molecule is [C-]#[N+]c1cc(C)c(NC(=O)C2([P+]3(CC)CCCCCC3)CC2)c(C)c1.[Y]. The summed E-state index contributed by atoms with van der Waals surface area (Å²) in [6.07, 6.45) is 11.3. The summed E-state index contributed by atoms with van der Waals surface area (Å²) >= 11 is 0. The van der Waals surface area contributed by atoms with Crippen LogP contribution in [0.15, 0.2) is 12.1 Å². The van der Waals surface area contributed by atoms with E-state index in [-0.39, 0.29) is 43.8 Å². The van der Waals surface area contributed by atoms with E-state index in [1.54, 1.807) is 0 Å². The maximum Gasteiger partial charge on any atom is 0.268 e. The molecule has 0 spiro atoms. The maximum atomic E-state index is 13.4. The number of rotatable bonds is 4. The van der Waals surface area contributed by atoms with Crippen molar-refractivity contribution in [1.29, 1.82) is 0 Å². The topological polar surface area (TPSA) is 33.5 Å². The van der Waals surface area contributed by atoms with Crippen LogP contribution in [0.1, 0.15) is 56.6 Å². The van der Waals surface area contributed by atoms with Crippen LogP contribution < -0.4 is 5.32 Å². The Labute approximate surface area is 184 Å². The van der Waals surface area contributed by atoms with E-state index in [1.807, 2.05) is 26.0 Å². The van der Waals surface area contributed by atoms with E-state index in [9.17, 15) is 4.79 Å². The second-order valence-corrected chi connectivity index (χ2v) is 12.5. The van der Waals surface area contributed by atoms with Crippen LogP contribution in [0.3, 0.4) is 0 Å². The summed E-state index contributed by atoms with van der Waals surface area (Å²) in [6.45, 7) is 13.5. The Morgan fingerprint density at radius 2 is 1.69 bits per heavy atom. The average Bonchev–Trinajstić information content (AvgIpc) is 3.42. The maximum absolute atomic E-state index is 13.4. The Kier molecular flexibility index (Phi) is 7.46. The van der Waals surface area contributed by atoms with Crippen molar-refractivity contribution in [3.63, 3.8) is 0 Å². The quantitative estimate of drug-likeness (QED) is 0.451. The first-order chi connectivity index (χ1) is 12.0. The first-order valence-electron chi connectivity index (χ1n) is 9.64. The number of carbonyl (C=O) groups is 1. The molecule has 1 saturated heterocycles. The second kappa shape index (κ2) is 8.81. The van der Waals surface area contributed by atoms with Crippen molar-refractivity contribution in [3.8, 4) is 0 Å². The molecule has 0 aromatic heterocycles. The number of aryl methyl sites for hydroxylation is 2. The van der Waals surface area contributed by atoms with Gasteiger partial charge in [-0.1, -0.05) is 12.1 Å². The molecule has 26 heavy (non-hydrogen) atoms. The zero-order chi connectivity index (χ0) is 18.1. The van der Waals surface area contributed by atoms with Crippen molar-refractivity contribution in [3.05, 3.63) is 34.7 Å². The molecule has 137 valence electrons. The molecule has 1 radical (unpaired) electrons. The summed E-state index contributed by atoms with van der Waals surface area (Å²) in [5, 5.41) is 3.24. The largest absolute Gasteiger partial charge is 0.322 e. The van der Waals surface area contributed by atoms with Gasteiger partial charge < -0.3 is 5.32 Å². The third-order valence-electron chi connectivity index (χ3n) is 6.47. The normalized spacial score (nSPS) is 20.2. The Hall–Kier alpha value is -0.286. The predicted octanol–water partition coefficient (Wildman–Crippen LogP) is 5.93. The van der Waals surface area contributed by atoms with Crippen molar-refractivity contribution in [2.75, 3.05) is 23.8 Å². The fourth-order valence-corrected chi connectivity index (χ4v) is 10.3. The van der Waals surface area contributed by atoms with Gasteiger partial charge in [-0.2, -0.15) is 0 Å². The first kappa shape index (κ1) is 22.0. The molecule has 5 heteroatoms. The van der Waals surface area contributed by atoms with E-state index in [2.05, 4.69) is 17.1 Å². The molecular formula is C21H30N2OPY+. The first-order valence-corrected chi connectivity index (χ1v) is 12.0. The molecule has 0 atom stereocenters. The van der Waals surface area contributed by atoms with Crippen LogP contribution >= 0.6 is 7.26 Å². The van der Waals surface area contributed by atoms with Crippen LogP contribution in [0.4, 0.5) is 11.4 Å². The number of hydrogen-bond donors (Lipinski definition) is 1. The zero-order valence-corrected chi connectivity index (χ0v) is 20.1. The van der Waals surface area contributed by atoms with E-state index >= 15 is 0 Å². The molecule has 1 aromatic carbocycles. The van der Waals surface area contributed by atoms with Gasteiger partial charge >= 0.3 is 0 Å². The number of amides is 1. The summed E-state index contributed by atoms with van der Waals surface area (Å²) in [6, 6.07) is 3.76. The molecule has 1 aliphatic carbocycles. The molecule has 0 bridgehead atoms. The van der Waals surface area contributed by atoms with Crippen LogP contribution in [-0.4, -0.2) is 29.5 Å². The van der Waals surface area contributed by atoms with Crippen molar-refractivity contribution < 1.29 is 37.5 Å². The third kappa shape index (κ3) is 3.94. The van der Waals surface area contributed by atoms with E-state index in [0.717, 1.165) is 29.7 Å². The van der Waals surface area contributed by atoms with Gasteiger partial charge in [0.1, 0.15) is 0 Å². The Morgan fingerprint density at radius 1 is 1.15 bits per heavy atom. The minimum absolute atomic E-state index is 0. The fraction of sp³-hybridized carbons (Fsp3) is 0.619. The number of hydrogen-bond acceptors (Lipinski definition) is 1. The van der Waals surface area contributed by atoms with Crippen LogP contribution in [0.25, 0.3) is 4.85 Å². The van der Waals surface area contributed by atoms with Gasteiger partial charge in [-0.25, -0.2) is 4.85 Å². The average molecular weight is 446 g/mol. The Morgan fingerprint density at radius 3 is 2.12 bits per heavy atom.